The lowest BCUT2D eigenvalue weighted by molar-refractivity contribution is -0.145. The Bertz CT molecular complexity index is 174. The molecule has 0 atom stereocenters. The van der Waals surface area contributed by atoms with Crippen molar-refractivity contribution in [3.05, 3.63) is 0 Å². The van der Waals surface area contributed by atoms with Crippen LogP contribution in [-0.2, 0) is 14.3 Å². The number of hydrogen-bond acceptors (Lipinski definition) is 3. The van der Waals surface area contributed by atoms with Crippen LogP contribution in [0.15, 0.2) is 0 Å². The molecule has 0 aromatic carbocycles. The predicted molar refractivity (Wildman–Crippen MR) is 73.6 cm³/mol. The van der Waals surface area contributed by atoms with E-state index in [1.165, 1.54) is 25.7 Å². The van der Waals surface area contributed by atoms with Gasteiger partial charge in [0.05, 0.1) is 13.2 Å². The number of alkyl halides is 1. The molecule has 4 heteroatoms. The van der Waals surface area contributed by atoms with E-state index in [-0.39, 0.29) is 5.97 Å². The van der Waals surface area contributed by atoms with Crippen LogP contribution in [0.4, 0.5) is 0 Å². The SMILES string of the molecule is CCCCCCCCC(=O)OCCOCCBr. The number of carbonyl (C=O) groups excluding carboxylic acids is 1. The fourth-order valence-corrected chi connectivity index (χ4v) is 1.72. The lowest BCUT2D eigenvalue weighted by atomic mass is 10.1. The minimum absolute atomic E-state index is 0.0945. The van der Waals surface area contributed by atoms with Gasteiger partial charge in [0.2, 0.25) is 0 Å². The van der Waals surface area contributed by atoms with E-state index in [0.717, 1.165) is 18.2 Å². The molecule has 102 valence electrons. The monoisotopic (exact) mass is 308 g/mol. The van der Waals surface area contributed by atoms with Crippen molar-refractivity contribution < 1.29 is 14.3 Å². The van der Waals surface area contributed by atoms with Crippen LogP contribution in [0.25, 0.3) is 0 Å². The second-order valence-electron chi connectivity index (χ2n) is 4.04. The highest BCUT2D eigenvalue weighted by Gasteiger charge is 2.02. The molecule has 0 radical (unpaired) electrons. The largest absolute Gasteiger partial charge is 0.463 e. The van der Waals surface area contributed by atoms with E-state index in [1.54, 1.807) is 0 Å². The van der Waals surface area contributed by atoms with Crippen molar-refractivity contribution in [3.63, 3.8) is 0 Å². The number of esters is 1. The van der Waals surface area contributed by atoms with Crippen LogP contribution in [-0.4, -0.2) is 31.1 Å². The number of hydrogen-bond donors (Lipinski definition) is 0. The van der Waals surface area contributed by atoms with Gasteiger partial charge in [0.1, 0.15) is 6.61 Å². The molecular formula is C13H25BrO3. The molecule has 0 heterocycles. The molecule has 0 aliphatic carbocycles. The van der Waals surface area contributed by atoms with Crippen molar-refractivity contribution in [2.24, 2.45) is 0 Å². The third kappa shape index (κ3) is 13.8. The molecule has 0 fully saturated rings. The third-order valence-corrected chi connectivity index (χ3v) is 2.77. The van der Waals surface area contributed by atoms with Gasteiger partial charge in [-0.1, -0.05) is 55.0 Å². The second kappa shape index (κ2) is 14.0. The van der Waals surface area contributed by atoms with Gasteiger partial charge in [-0.15, -0.1) is 0 Å². The van der Waals surface area contributed by atoms with Crippen LogP contribution in [0, 0.1) is 0 Å². The number of rotatable bonds is 12. The molecule has 0 aliphatic rings. The first kappa shape index (κ1) is 16.9. The fraction of sp³-hybridized carbons (Fsp3) is 0.923. The van der Waals surface area contributed by atoms with Crippen molar-refractivity contribution in [3.8, 4) is 0 Å². The van der Waals surface area contributed by atoms with E-state index in [4.69, 9.17) is 9.47 Å². The summed E-state index contributed by atoms with van der Waals surface area (Å²) in [6.07, 6.45) is 7.71. The van der Waals surface area contributed by atoms with Gasteiger partial charge < -0.3 is 9.47 Å². The van der Waals surface area contributed by atoms with Crippen molar-refractivity contribution >= 4 is 21.9 Å². The average molecular weight is 309 g/mol. The molecule has 0 aromatic heterocycles. The molecule has 0 saturated heterocycles. The Balaban J connectivity index is 3.12. The standard InChI is InChI=1S/C13H25BrO3/c1-2-3-4-5-6-7-8-13(15)17-12-11-16-10-9-14/h2-12H2,1H3. The lowest BCUT2D eigenvalue weighted by Gasteiger charge is -2.05. The van der Waals surface area contributed by atoms with E-state index < -0.39 is 0 Å². The van der Waals surface area contributed by atoms with Crippen LogP contribution in [0.1, 0.15) is 51.9 Å². The smallest absolute Gasteiger partial charge is 0.305 e. The molecule has 0 spiro atoms. The molecule has 0 aromatic rings. The third-order valence-electron chi connectivity index (χ3n) is 2.45. The van der Waals surface area contributed by atoms with Gasteiger partial charge in [-0.2, -0.15) is 0 Å². The van der Waals surface area contributed by atoms with Gasteiger partial charge in [0.25, 0.3) is 0 Å². The van der Waals surface area contributed by atoms with Crippen molar-refractivity contribution in [2.45, 2.75) is 51.9 Å². The highest BCUT2D eigenvalue weighted by Crippen LogP contribution is 2.07. The van der Waals surface area contributed by atoms with E-state index in [2.05, 4.69) is 22.9 Å². The predicted octanol–water partition coefficient (Wildman–Crippen LogP) is 3.69. The molecule has 3 nitrogen and oxygen atoms in total. The van der Waals surface area contributed by atoms with Crippen molar-refractivity contribution in [1.82, 2.24) is 0 Å². The summed E-state index contributed by atoms with van der Waals surface area (Å²) in [5.41, 5.74) is 0. The zero-order valence-corrected chi connectivity index (χ0v) is 12.5. The summed E-state index contributed by atoms with van der Waals surface area (Å²) in [6, 6.07) is 0. The quantitative estimate of drug-likeness (QED) is 0.313. The maximum Gasteiger partial charge on any atom is 0.305 e. The number of ether oxygens (including phenoxy) is 2. The van der Waals surface area contributed by atoms with Crippen molar-refractivity contribution in [2.75, 3.05) is 25.2 Å². The zero-order chi connectivity index (χ0) is 12.8. The summed E-state index contributed by atoms with van der Waals surface area (Å²) in [6.45, 7) is 3.74. The fourth-order valence-electron chi connectivity index (χ4n) is 1.49. The van der Waals surface area contributed by atoms with Gasteiger partial charge >= 0.3 is 5.97 Å². The van der Waals surface area contributed by atoms with Gasteiger partial charge in [-0.05, 0) is 6.42 Å². The van der Waals surface area contributed by atoms with Crippen LogP contribution in [0.3, 0.4) is 0 Å². The Kier molecular flexibility index (Phi) is 13.9. The van der Waals surface area contributed by atoms with Gasteiger partial charge in [-0.25, -0.2) is 0 Å². The van der Waals surface area contributed by atoms with Crippen LogP contribution in [0.2, 0.25) is 0 Å². The normalized spacial score (nSPS) is 10.5. The Morgan fingerprint density at radius 1 is 1.00 bits per heavy atom. The summed E-state index contributed by atoms with van der Waals surface area (Å²) < 4.78 is 10.2. The van der Waals surface area contributed by atoms with Crippen LogP contribution in [0.5, 0.6) is 0 Å². The number of carbonyl (C=O) groups is 1. The Labute approximate surface area is 113 Å². The summed E-state index contributed by atoms with van der Waals surface area (Å²) in [5.74, 6) is -0.0945. The summed E-state index contributed by atoms with van der Waals surface area (Å²) in [5, 5.41) is 0.818. The first-order valence-corrected chi connectivity index (χ1v) is 7.72. The Morgan fingerprint density at radius 3 is 2.41 bits per heavy atom. The summed E-state index contributed by atoms with van der Waals surface area (Å²) >= 11 is 3.26. The average Bonchev–Trinajstić information content (AvgIpc) is 2.33. The number of unbranched alkanes of at least 4 members (excludes halogenated alkanes) is 5. The molecule has 0 aliphatic heterocycles. The molecule has 0 rings (SSSR count). The van der Waals surface area contributed by atoms with E-state index >= 15 is 0 Å². The first-order chi connectivity index (χ1) is 8.31. The van der Waals surface area contributed by atoms with Crippen molar-refractivity contribution in [1.29, 1.82) is 0 Å². The zero-order valence-electron chi connectivity index (χ0n) is 10.9. The topological polar surface area (TPSA) is 35.5 Å². The van der Waals surface area contributed by atoms with E-state index in [9.17, 15) is 4.79 Å². The molecule has 0 N–H and O–H groups in total. The molecule has 0 unspecified atom stereocenters. The maximum atomic E-state index is 11.3. The van der Waals surface area contributed by atoms with Gasteiger partial charge in [-0.3, -0.25) is 4.79 Å². The van der Waals surface area contributed by atoms with Gasteiger partial charge in [0.15, 0.2) is 0 Å². The number of halogens is 1. The molecule has 0 amide bonds. The highest BCUT2D eigenvalue weighted by molar-refractivity contribution is 9.09. The maximum absolute atomic E-state index is 11.3. The Morgan fingerprint density at radius 2 is 1.71 bits per heavy atom. The highest BCUT2D eigenvalue weighted by atomic mass is 79.9. The molecule has 0 bridgehead atoms. The van der Waals surface area contributed by atoms with Crippen LogP contribution >= 0.6 is 15.9 Å². The molecule has 17 heavy (non-hydrogen) atoms. The van der Waals surface area contributed by atoms with E-state index in [0.29, 0.717) is 26.2 Å². The minimum Gasteiger partial charge on any atom is -0.463 e. The minimum atomic E-state index is -0.0945. The van der Waals surface area contributed by atoms with Crippen LogP contribution < -0.4 is 0 Å². The van der Waals surface area contributed by atoms with E-state index in [1.807, 2.05) is 0 Å². The lowest BCUT2D eigenvalue weighted by Crippen LogP contribution is -2.11. The second-order valence-corrected chi connectivity index (χ2v) is 4.83. The molecular weight excluding hydrogens is 284 g/mol. The first-order valence-electron chi connectivity index (χ1n) is 6.60. The Hall–Kier alpha value is -0.0900. The summed E-state index contributed by atoms with van der Waals surface area (Å²) in [7, 11) is 0. The van der Waals surface area contributed by atoms with Gasteiger partial charge in [0, 0.05) is 11.8 Å². The summed E-state index contributed by atoms with van der Waals surface area (Å²) in [4.78, 5) is 11.3. The molecule has 0 saturated carbocycles.